The van der Waals surface area contributed by atoms with Crippen molar-refractivity contribution < 1.29 is 4.74 Å². The Kier molecular flexibility index (Phi) is 3.38. The number of hydrogen-bond acceptors (Lipinski definition) is 3. The summed E-state index contributed by atoms with van der Waals surface area (Å²) in [6.45, 7) is 6.93. The first-order valence-corrected chi connectivity index (χ1v) is 5.66. The summed E-state index contributed by atoms with van der Waals surface area (Å²) in [5.41, 5.74) is 1.03. The number of nitrogens with zero attached hydrogens (tertiary/aromatic N) is 2. The van der Waals surface area contributed by atoms with Gasteiger partial charge in [-0.25, -0.2) is 0 Å². The topological polar surface area (TPSA) is 39.1 Å². The van der Waals surface area contributed by atoms with Crippen LogP contribution in [0.1, 0.15) is 32.0 Å². The molecule has 1 N–H and O–H groups in total. The summed E-state index contributed by atoms with van der Waals surface area (Å²) in [7, 11) is 0. The van der Waals surface area contributed by atoms with E-state index in [0.29, 0.717) is 18.8 Å². The zero-order valence-corrected chi connectivity index (χ0v) is 9.44. The Bertz CT molecular complexity index is 307. The van der Waals surface area contributed by atoms with E-state index in [4.69, 9.17) is 4.74 Å². The van der Waals surface area contributed by atoms with E-state index >= 15 is 0 Å². The van der Waals surface area contributed by atoms with Crippen molar-refractivity contribution in [1.82, 2.24) is 15.1 Å². The van der Waals surface area contributed by atoms with E-state index in [0.717, 1.165) is 25.2 Å². The predicted octanol–water partition coefficient (Wildman–Crippen LogP) is 1.34. The van der Waals surface area contributed by atoms with Gasteiger partial charge in [-0.1, -0.05) is 6.92 Å². The molecule has 1 aliphatic heterocycles. The largest absolute Gasteiger partial charge is 0.369 e. The first kappa shape index (κ1) is 10.6. The number of ether oxygens (including phenoxy) is 1. The van der Waals surface area contributed by atoms with Crippen molar-refractivity contribution in [2.75, 3.05) is 13.1 Å². The van der Waals surface area contributed by atoms with Crippen molar-refractivity contribution in [1.29, 1.82) is 0 Å². The Morgan fingerprint density at radius 2 is 2.47 bits per heavy atom. The van der Waals surface area contributed by atoms with Gasteiger partial charge in [0, 0.05) is 25.3 Å². The van der Waals surface area contributed by atoms with Gasteiger partial charge in [0.2, 0.25) is 0 Å². The highest BCUT2D eigenvalue weighted by molar-refractivity contribution is 4.98. The molecular formula is C11H19N3O. The summed E-state index contributed by atoms with van der Waals surface area (Å²) in [5.74, 6) is 0. The molecular weight excluding hydrogens is 190 g/mol. The molecule has 0 saturated carbocycles. The molecule has 0 amide bonds. The molecule has 0 aromatic carbocycles. The lowest BCUT2D eigenvalue weighted by molar-refractivity contribution is 0.00578. The molecule has 2 heterocycles. The molecule has 1 aromatic rings. The van der Waals surface area contributed by atoms with Gasteiger partial charge < -0.3 is 10.1 Å². The molecule has 0 radical (unpaired) electrons. The first-order valence-electron chi connectivity index (χ1n) is 5.66. The minimum absolute atomic E-state index is 0.388. The highest BCUT2D eigenvalue weighted by atomic mass is 16.5. The van der Waals surface area contributed by atoms with E-state index in [2.05, 4.69) is 24.3 Å². The summed E-state index contributed by atoms with van der Waals surface area (Å²) in [6.07, 6.45) is 3.53. The van der Waals surface area contributed by atoms with E-state index in [1.807, 2.05) is 16.9 Å². The van der Waals surface area contributed by atoms with Crippen LogP contribution >= 0.6 is 0 Å². The van der Waals surface area contributed by atoms with Crippen molar-refractivity contribution in [3.8, 4) is 0 Å². The van der Waals surface area contributed by atoms with E-state index < -0.39 is 0 Å². The predicted molar refractivity (Wildman–Crippen MR) is 58.7 cm³/mol. The van der Waals surface area contributed by atoms with Crippen molar-refractivity contribution in [2.45, 2.75) is 39.0 Å². The van der Waals surface area contributed by atoms with Crippen molar-refractivity contribution in [3.63, 3.8) is 0 Å². The normalized spacial score (nSPS) is 18.8. The lowest BCUT2D eigenvalue weighted by Gasteiger charge is -2.26. The van der Waals surface area contributed by atoms with Crippen LogP contribution in [0.2, 0.25) is 0 Å². The SMILES string of the molecule is CCC(C)n1ccc(COC2CNC2)n1. The fraction of sp³-hybridized carbons (Fsp3) is 0.727. The van der Waals surface area contributed by atoms with E-state index in [9.17, 15) is 0 Å². The fourth-order valence-corrected chi connectivity index (χ4v) is 1.47. The van der Waals surface area contributed by atoms with Crippen LogP contribution in [0.15, 0.2) is 12.3 Å². The van der Waals surface area contributed by atoms with Gasteiger partial charge in [-0.3, -0.25) is 4.68 Å². The fourth-order valence-electron chi connectivity index (χ4n) is 1.47. The second-order valence-corrected chi connectivity index (χ2v) is 4.14. The van der Waals surface area contributed by atoms with Crippen LogP contribution in [0, 0.1) is 0 Å². The summed E-state index contributed by atoms with van der Waals surface area (Å²) in [6, 6.07) is 2.52. The average Bonchev–Trinajstić information content (AvgIpc) is 2.63. The van der Waals surface area contributed by atoms with Crippen LogP contribution < -0.4 is 5.32 Å². The van der Waals surface area contributed by atoms with E-state index in [1.165, 1.54) is 0 Å². The van der Waals surface area contributed by atoms with Crippen LogP contribution in [0.25, 0.3) is 0 Å². The lowest BCUT2D eigenvalue weighted by atomic mass is 10.2. The molecule has 1 unspecified atom stereocenters. The maximum Gasteiger partial charge on any atom is 0.0911 e. The summed E-state index contributed by atoms with van der Waals surface area (Å²) < 4.78 is 7.66. The molecule has 84 valence electrons. The van der Waals surface area contributed by atoms with Crippen molar-refractivity contribution >= 4 is 0 Å². The Morgan fingerprint density at radius 1 is 1.67 bits per heavy atom. The van der Waals surface area contributed by atoms with E-state index in [1.54, 1.807) is 0 Å². The maximum absolute atomic E-state index is 5.65. The maximum atomic E-state index is 5.65. The standard InChI is InChI=1S/C11H19N3O/c1-3-9(2)14-5-4-10(13-14)8-15-11-6-12-7-11/h4-5,9,11-12H,3,6-8H2,1-2H3. The molecule has 1 fully saturated rings. The van der Waals surface area contributed by atoms with Gasteiger partial charge in [-0.05, 0) is 19.4 Å². The van der Waals surface area contributed by atoms with Gasteiger partial charge in [0.05, 0.1) is 18.4 Å². The van der Waals surface area contributed by atoms with Gasteiger partial charge >= 0.3 is 0 Å². The Balaban J connectivity index is 1.83. The molecule has 0 aliphatic carbocycles. The summed E-state index contributed by atoms with van der Waals surface area (Å²) in [5, 5.41) is 7.66. The highest BCUT2D eigenvalue weighted by Gasteiger charge is 2.17. The average molecular weight is 209 g/mol. The zero-order chi connectivity index (χ0) is 10.7. The molecule has 15 heavy (non-hydrogen) atoms. The quantitative estimate of drug-likeness (QED) is 0.795. The van der Waals surface area contributed by atoms with Gasteiger partial charge in [-0.15, -0.1) is 0 Å². The number of nitrogens with one attached hydrogen (secondary N) is 1. The third-order valence-electron chi connectivity index (χ3n) is 2.92. The Morgan fingerprint density at radius 3 is 3.07 bits per heavy atom. The van der Waals surface area contributed by atoms with Crippen molar-refractivity contribution in [2.24, 2.45) is 0 Å². The van der Waals surface area contributed by atoms with E-state index in [-0.39, 0.29) is 0 Å². The van der Waals surface area contributed by atoms with Gasteiger partial charge in [0.1, 0.15) is 0 Å². The van der Waals surface area contributed by atoms with Crippen molar-refractivity contribution in [3.05, 3.63) is 18.0 Å². The third-order valence-corrected chi connectivity index (χ3v) is 2.92. The minimum atomic E-state index is 0.388. The number of hydrogen-bond donors (Lipinski definition) is 1. The Labute approximate surface area is 90.6 Å². The smallest absolute Gasteiger partial charge is 0.0911 e. The highest BCUT2D eigenvalue weighted by Crippen LogP contribution is 2.10. The minimum Gasteiger partial charge on any atom is -0.369 e. The monoisotopic (exact) mass is 209 g/mol. The molecule has 4 nitrogen and oxygen atoms in total. The second-order valence-electron chi connectivity index (χ2n) is 4.14. The second kappa shape index (κ2) is 4.77. The molecule has 0 bridgehead atoms. The van der Waals surface area contributed by atoms with Crippen LogP contribution in [0.5, 0.6) is 0 Å². The lowest BCUT2D eigenvalue weighted by Crippen LogP contribution is -2.48. The summed E-state index contributed by atoms with van der Waals surface area (Å²) in [4.78, 5) is 0. The van der Waals surface area contributed by atoms with Crippen LogP contribution in [0.3, 0.4) is 0 Å². The van der Waals surface area contributed by atoms with Crippen LogP contribution in [-0.4, -0.2) is 29.0 Å². The molecule has 1 atom stereocenters. The Hall–Kier alpha value is -0.870. The van der Waals surface area contributed by atoms with Gasteiger partial charge in [-0.2, -0.15) is 5.10 Å². The summed E-state index contributed by atoms with van der Waals surface area (Å²) >= 11 is 0. The molecule has 1 aliphatic rings. The molecule has 4 heteroatoms. The zero-order valence-electron chi connectivity index (χ0n) is 9.44. The van der Waals surface area contributed by atoms with Crippen LogP contribution in [-0.2, 0) is 11.3 Å². The van der Waals surface area contributed by atoms with Gasteiger partial charge in [0.15, 0.2) is 0 Å². The first-order chi connectivity index (χ1) is 7.29. The number of aromatic nitrogens is 2. The molecule has 2 rings (SSSR count). The van der Waals surface area contributed by atoms with Crippen LogP contribution in [0.4, 0.5) is 0 Å². The number of rotatable bonds is 5. The molecule has 0 spiro atoms. The van der Waals surface area contributed by atoms with Gasteiger partial charge in [0.25, 0.3) is 0 Å². The molecule has 1 saturated heterocycles. The third kappa shape index (κ3) is 2.58. The molecule has 1 aromatic heterocycles.